The third-order valence-corrected chi connectivity index (χ3v) is 7.40. The lowest BCUT2D eigenvalue weighted by Gasteiger charge is -2.19. The highest BCUT2D eigenvalue weighted by atomic mass is 15.1. The van der Waals surface area contributed by atoms with Crippen LogP contribution in [0.25, 0.3) is 49.4 Å². The predicted octanol–water partition coefficient (Wildman–Crippen LogP) is 9.37. The molecule has 0 radical (unpaired) electrons. The van der Waals surface area contributed by atoms with Crippen LogP contribution in [-0.2, 0) is 0 Å². The van der Waals surface area contributed by atoms with E-state index in [9.17, 15) is 0 Å². The average Bonchev–Trinajstić information content (AvgIpc) is 3.32. The zero-order chi connectivity index (χ0) is 24.8. The molecule has 0 bridgehead atoms. The van der Waals surface area contributed by atoms with Crippen LogP contribution in [0, 0.1) is 0 Å². The maximum atomic E-state index is 2.40. The summed E-state index contributed by atoms with van der Waals surface area (Å²) in [5, 5.41) is 5.10. The Morgan fingerprint density at radius 3 is 1.92 bits per heavy atom. The van der Waals surface area contributed by atoms with Crippen molar-refractivity contribution >= 4 is 44.0 Å². The molecule has 0 fully saturated rings. The minimum atomic E-state index is 1.17. The molecule has 7 aromatic rings. The summed E-state index contributed by atoms with van der Waals surface area (Å²) in [6, 6.07) is 50.0. The Kier molecular flexibility index (Phi) is 5.04. The monoisotopic (exact) mass is 474 g/mol. The van der Waals surface area contributed by atoms with Gasteiger partial charge >= 0.3 is 0 Å². The molecule has 37 heavy (non-hydrogen) atoms. The van der Waals surface area contributed by atoms with Gasteiger partial charge in [-0.25, -0.2) is 0 Å². The molecule has 0 aliphatic heterocycles. The fraction of sp³-hybridized carbons (Fsp3) is 0.0286. The second-order valence-electron chi connectivity index (χ2n) is 9.53. The normalized spacial score (nSPS) is 11.4. The van der Waals surface area contributed by atoms with Crippen LogP contribution >= 0.6 is 0 Å². The van der Waals surface area contributed by atoms with Crippen molar-refractivity contribution in [1.82, 2.24) is 4.57 Å². The van der Waals surface area contributed by atoms with E-state index in [1.165, 1.54) is 60.8 Å². The lowest BCUT2D eigenvalue weighted by molar-refractivity contribution is 1.18. The highest BCUT2D eigenvalue weighted by Gasteiger charge is 2.16. The van der Waals surface area contributed by atoms with Gasteiger partial charge in [-0.2, -0.15) is 0 Å². The van der Waals surface area contributed by atoms with Gasteiger partial charge in [-0.05, 0) is 70.4 Å². The molecule has 0 amide bonds. The molecule has 6 aromatic carbocycles. The number of anilines is 2. The van der Waals surface area contributed by atoms with Crippen LogP contribution in [0.4, 0.5) is 11.4 Å². The summed E-state index contributed by atoms with van der Waals surface area (Å²) in [5.74, 6) is 0. The van der Waals surface area contributed by atoms with Gasteiger partial charge < -0.3 is 9.47 Å². The molecule has 0 aliphatic rings. The van der Waals surface area contributed by atoms with E-state index < -0.39 is 0 Å². The Hall–Kier alpha value is -4.82. The van der Waals surface area contributed by atoms with Crippen molar-refractivity contribution in [2.75, 3.05) is 11.9 Å². The van der Waals surface area contributed by atoms with Crippen LogP contribution in [0.15, 0.2) is 140 Å². The Bertz CT molecular complexity index is 1860. The lowest BCUT2D eigenvalue weighted by atomic mass is 10.0. The summed E-state index contributed by atoms with van der Waals surface area (Å²) in [4.78, 5) is 2.25. The summed E-state index contributed by atoms with van der Waals surface area (Å²) in [6.07, 6.45) is 0. The first-order valence-electron chi connectivity index (χ1n) is 12.7. The molecule has 0 saturated carbocycles. The van der Waals surface area contributed by atoms with Gasteiger partial charge in [0.25, 0.3) is 0 Å². The van der Waals surface area contributed by atoms with E-state index in [2.05, 4.69) is 156 Å². The molecular formula is C35H26N2. The van der Waals surface area contributed by atoms with Crippen molar-refractivity contribution in [3.05, 3.63) is 140 Å². The van der Waals surface area contributed by atoms with Gasteiger partial charge in [-0.1, -0.05) is 91.0 Å². The Labute approximate surface area is 216 Å². The first kappa shape index (κ1) is 21.5. The van der Waals surface area contributed by atoms with Gasteiger partial charge in [0.15, 0.2) is 0 Å². The van der Waals surface area contributed by atoms with Crippen LogP contribution in [0.1, 0.15) is 0 Å². The summed E-state index contributed by atoms with van der Waals surface area (Å²) in [7, 11) is 2.14. The topological polar surface area (TPSA) is 8.17 Å². The summed E-state index contributed by atoms with van der Waals surface area (Å²) < 4.78 is 2.40. The third-order valence-electron chi connectivity index (χ3n) is 7.40. The van der Waals surface area contributed by atoms with Crippen molar-refractivity contribution in [2.45, 2.75) is 0 Å². The lowest BCUT2D eigenvalue weighted by Crippen LogP contribution is -2.08. The second kappa shape index (κ2) is 8.69. The largest absolute Gasteiger partial charge is 0.345 e. The minimum Gasteiger partial charge on any atom is -0.345 e. The zero-order valence-electron chi connectivity index (χ0n) is 20.7. The molecule has 1 heterocycles. The Morgan fingerprint density at radius 1 is 0.486 bits per heavy atom. The third kappa shape index (κ3) is 3.57. The fourth-order valence-electron chi connectivity index (χ4n) is 5.50. The van der Waals surface area contributed by atoms with Crippen LogP contribution in [0.2, 0.25) is 0 Å². The molecule has 0 N–H and O–H groups in total. The molecule has 2 nitrogen and oxygen atoms in total. The molecule has 7 rings (SSSR count). The van der Waals surface area contributed by atoms with Crippen molar-refractivity contribution in [3.8, 4) is 16.8 Å². The number of benzene rings is 6. The van der Waals surface area contributed by atoms with E-state index in [1.54, 1.807) is 0 Å². The zero-order valence-corrected chi connectivity index (χ0v) is 20.7. The van der Waals surface area contributed by atoms with E-state index in [-0.39, 0.29) is 0 Å². The van der Waals surface area contributed by atoms with E-state index >= 15 is 0 Å². The minimum absolute atomic E-state index is 1.17. The quantitative estimate of drug-likeness (QED) is 0.247. The Morgan fingerprint density at radius 2 is 1.14 bits per heavy atom. The van der Waals surface area contributed by atoms with Gasteiger partial charge in [-0.15, -0.1) is 0 Å². The molecule has 0 spiro atoms. The van der Waals surface area contributed by atoms with E-state index in [4.69, 9.17) is 0 Å². The van der Waals surface area contributed by atoms with Crippen LogP contribution in [0.3, 0.4) is 0 Å². The number of fused-ring (bicyclic) bond motifs is 5. The molecule has 0 saturated heterocycles. The maximum Gasteiger partial charge on any atom is 0.0547 e. The highest BCUT2D eigenvalue weighted by Crippen LogP contribution is 2.39. The molecule has 0 atom stereocenters. The summed E-state index contributed by atoms with van der Waals surface area (Å²) in [6.45, 7) is 0. The van der Waals surface area contributed by atoms with Gasteiger partial charge in [0, 0.05) is 34.9 Å². The molecule has 0 unspecified atom stereocenters. The molecule has 176 valence electrons. The number of nitrogens with zero attached hydrogens (tertiary/aromatic N) is 2. The smallest absolute Gasteiger partial charge is 0.0547 e. The fourth-order valence-corrected chi connectivity index (χ4v) is 5.50. The van der Waals surface area contributed by atoms with E-state index in [0.29, 0.717) is 0 Å². The first-order valence-corrected chi connectivity index (χ1v) is 12.7. The molecular weight excluding hydrogens is 448 g/mol. The average molecular weight is 475 g/mol. The van der Waals surface area contributed by atoms with Gasteiger partial charge in [0.1, 0.15) is 0 Å². The summed E-state index contributed by atoms with van der Waals surface area (Å²) >= 11 is 0. The number of hydrogen-bond donors (Lipinski definition) is 0. The molecule has 0 aliphatic carbocycles. The van der Waals surface area contributed by atoms with Crippen molar-refractivity contribution in [1.29, 1.82) is 0 Å². The molecule has 2 heteroatoms. The number of hydrogen-bond acceptors (Lipinski definition) is 1. The van der Waals surface area contributed by atoms with Crippen LogP contribution in [0.5, 0.6) is 0 Å². The standard InChI is InChI=1S/C35H26N2/c1-36(28-13-6-3-7-14-28)30-21-23-33-32(24-30)35-31-15-9-8-12-27(31)18-22-34(35)37(33)29-19-16-26(17-20-29)25-10-4-2-5-11-25/h2-24H,1H3. The van der Waals surface area contributed by atoms with Crippen molar-refractivity contribution < 1.29 is 0 Å². The van der Waals surface area contributed by atoms with Crippen molar-refractivity contribution in [3.63, 3.8) is 0 Å². The highest BCUT2D eigenvalue weighted by molar-refractivity contribution is 6.21. The maximum absolute atomic E-state index is 2.40. The predicted molar refractivity (Wildman–Crippen MR) is 158 cm³/mol. The Balaban J connectivity index is 1.47. The number of para-hydroxylation sites is 1. The van der Waals surface area contributed by atoms with Crippen LogP contribution < -0.4 is 4.90 Å². The van der Waals surface area contributed by atoms with Crippen molar-refractivity contribution in [2.24, 2.45) is 0 Å². The number of aromatic nitrogens is 1. The SMILES string of the molecule is CN(c1ccccc1)c1ccc2c(c1)c1c3ccccc3ccc1n2-c1ccc(-c2ccccc2)cc1. The second-order valence-corrected chi connectivity index (χ2v) is 9.53. The number of rotatable bonds is 4. The summed E-state index contributed by atoms with van der Waals surface area (Å²) in [5.41, 5.74) is 8.40. The van der Waals surface area contributed by atoms with Gasteiger partial charge in [-0.3, -0.25) is 0 Å². The first-order chi connectivity index (χ1) is 18.3. The van der Waals surface area contributed by atoms with Gasteiger partial charge in [0.05, 0.1) is 11.0 Å². The molecule has 1 aromatic heterocycles. The van der Waals surface area contributed by atoms with E-state index in [1.807, 2.05) is 0 Å². The van der Waals surface area contributed by atoms with E-state index in [0.717, 1.165) is 0 Å². The van der Waals surface area contributed by atoms with Gasteiger partial charge in [0.2, 0.25) is 0 Å². The van der Waals surface area contributed by atoms with Crippen LogP contribution in [-0.4, -0.2) is 11.6 Å².